The van der Waals surface area contributed by atoms with E-state index in [-0.39, 0.29) is 30.0 Å². The number of nitrogens with one attached hydrogen (secondary N) is 2. The second-order valence-electron chi connectivity index (χ2n) is 12.9. The van der Waals surface area contributed by atoms with Crippen LogP contribution in [0.4, 0.5) is 10.5 Å². The van der Waals surface area contributed by atoms with Crippen LogP contribution < -0.4 is 25.0 Å². The first-order chi connectivity index (χ1) is 19.6. The van der Waals surface area contributed by atoms with Gasteiger partial charge in [0.05, 0.1) is 19.2 Å². The van der Waals surface area contributed by atoms with Crippen molar-refractivity contribution >= 4 is 17.7 Å². The van der Waals surface area contributed by atoms with Crippen LogP contribution in [0.1, 0.15) is 77.8 Å². The summed E-state index contributed by atoms with van der Waals surface area (Å²) in [6.45, 7) is 10.2. The summed E-state index contributed by atoms with van der Waals surface area (Å²) in [6.07, 6.45) is 5.43. The lowest BCUT2D eigenvalue weighted by Gasteiger charge is -2.22. The van der Waals surface area contributed by atoms with Crippen LogP contribution in [0.5, 0.6) is 11.5 Å². The van der Waals surface area contributed by atoms with Crippen LogP contribution in [0.25, 0.3) is 0 Å². The fourth-order valence-electron chi connectivity index (χ4n) is 5.58. The summed E-state index contributed by atoms with van der Waals surface area (Å²) in [6, 6.07) is 16.3. The van der Waals surface area contributed by atoms with Gasteiger partial charge in [-0.3, -0.25) is 4.79 Å². The average molecular weight is 564 g/mol. The van der Waals surface area contributed by atoms with Crippen molar-refractivity contribution in [3.63, 3.8) is 0 Å². The first-order valence-corrected chi connectivity index (χ1v) is 15.2. The summed E-state index contributed by atoms with van der Waals surface area (Å²) in [4.78, 5) is 27.4. The Morgan fingerprint density at radius 1 is 0.951 bits per heavy atom. The molecule has 2 aliphatic carbocycles. The largest absolute Gasteiger partial charge is 0.493 e. The van der Waals surface area contributed by atoms with Gasteiger partial charge in [-0.05, 0) is 108 Å². The van der Waals surface area contributed by atoms with E-state index in [0.29, 0.717) is 6.42 Å². The highest BCUT2D eigenvalue weighted by Gasteiger charge is 2.32. The Kier molecular flexibility index (Phi) is 8.95. The molecule has 5 rings (SSSR count). The molecule has 1 heterocycles. The van der Waals surface area contributed by atoms with E-state index in [2.05, 4.69) is 39.8 Å². The third-order valence-electron chi connectivity index (χ3n) is 8.10. The van der Waals surface area contributed by atoms with Crippen LogP contribution >= 0.6 is 0 Å². The van der Waals surface area contributed by atoms with E-state index in [4.69, 9.17) is 14.2 Å². The Balaban J connectivity index is 1.04. The Bertz CT molecular complexity index is 1170. The molecular weight excluding hydrogens is 518 g/mol. The van der Waals surface area contributed by atoms with Gasteiger partial charge in [0.15, 0.2) is 0 Å². The van der Waals surface area contributed by atoms with Crippen LogP contribution in [0.3, 0.4) is 0 Å². The van der Waals surface area contributed by atoms with Crippen LogP contribution in [0.2, 0.25) is 0 Å². The second kappa shape index (κ2) is 12.6. The number of benzene rings is 2. The van der Waals surface area contributed by atoms with Gasteiger partial charge >= 0.3 is 6.09 Å². The predicted octanol–water partition coefficient (Wildman–Crippen LogP) is 6.00. The molecule has 2 amide bonds. The van der Waals surface area contributed by atoms with Gasteiger partial charge in [0.25, 0.3) is 0 Å². The Morgan fingerprint density at radius 2 is 1.66 bits per heavy atom. The van der Waals surface area contributed by atoms with Crippen molar-refractivity contribution in [3.05, 3.63) is 54.1 Å². The average Bonchev–Trinajstić information content (AvgIpc) is 3.44. The summed E-state index contributed by atoms with van der Waals surface area (Å²) in [5, 5.41) is 6.05. The zero-order chi connectivity index (χ0) is 29.0. The van der Waals surface area contributed by atoms with Gasteiger partial charge in [-0.25, -0.2) is 4.79 Å². The summed E-state index contributed by atoms with van der Waals surface area (Å²) in [7, 11) is 0. The number of ether oxygens (including phenoxy) is 3. The number of rotatable bonds is 10. The number of nitrogens with zero attached hydrogens (tertiary/aromatic N) is 1. The third kappa shape index (κ3) is 8.54. The third-order valence-corrected chi connectivity index (χ3v) is 8.10. The van der Waals surface area contributed by atoms with Gasteiger partial charge in [0.1, 0.15) is 23.2 Å². The Labute approximate surface area is 244 Å². The molecule has 41 heavy (non-hydrogen) atoms. The standard InChI is InChI=1S/C33H45N3O5/c1-22(34-31(37)25-7-10-26(19-25)35-32(38)41-33(2,3)4)24-8-13-29(14-9-24)40-30-17-18-36(20-30)27-11-15-28(16-12-27)39-21-23-5-6-23/h8-9,11-16,22-23,25-26,30H,5-7,10,17-21H2,1-4H3,(H,34,37)(H,35,38)/t22-,25-,26+,30+/m0/s1. The smallest absolute Gasteiger partial charge is 0.407 e. The number of amides is 2. The monoisotopic (exact) mass is 563 g/mol. The van der Waals surface area contributed by atoms with E-state index in [1.807, 2.05) is 52.0 Å². The lowest BCUT2D eigenvalue weighted by molar-refractivity contribution is -0.125. The van der Waals surface area contributed by atoms with Crippen molar-refractivity contribution in [2.45, 2.75) is 90.0 Å². The molecule has 4 atom stereocenters. The molecule has 0 radical (unpaired) electrons. The Hall–Kier alpha value is -3.42. The highest BCUT2D eigenvalue weighted by atomic mass is 16.6. The van der Waals surface area contributed by atoms with Crippen LogP contribution in [0, 0.1) is 11.8 Å². The maximum absolute atomic E-state index is 12.9. The summed E-state index contributed by atoms with van der Waals surface area (Å²) < 4.78 is 17.5. The van der Waals surface area contributed by atoms with E-state index in [1.165, 1.54) is 18.5 Å². The summed E-state index contributed by atoms with van der Waals surface area (Å²) >= 11 is 0. The van der Waals surface area contributed by atoms with Crippen LogP contribution in [-0.4, -0.2) is 49.4 Å². The minimum atomic E-state index is -0.538. The van der Waals surface area contributed by atoms with Crippen molar-refractivity contribution < 1.29 is 23.8 Å². The topological polar surface area (TPSA) is 89.1 Å². The van der Waals surface area contributed by atoms with E-state index >= 15 is 0 Å². The second-order valence-corrected chi connectivity index (χ2v) is 12.9. The highest BCUT2D eigenvalue weighted by molar-refractivity contribution is 5.79. The van der Waals surface area contributed by atoms with Crippen molar-refractivity contribution in [3.8, 4) is 11.5 Å². The lowest BCUT2D eigenvalue weighted by Crippen LogP contribution is -2.38. The van der Waals surface area contributed by atoms with Gasteiger partial charge in [0.2, 0.25) is 5.91 Å². The predicted molar refractivity (Wildman–Crippen MR) is 159 cm³/mol. The molecular formula is C33H45N3O5. The fraction of sp³-hybridized carbons (Fsp3) is 0.576. The van der Waals surface area contributed by atoms with Crippen molar-refractivity contribution in [2.75, 3.05) is 24.6 Å². The van der Waals surface area contributed by atoms with Crippen LogP contribution in [-0.2, 0) is 9.53 Å². The quantitative estimate of drug-likeness (QED) is 0.368. The SMILES string of the molecule is C[C@H](NC(=O)[C@H]1CC[C@@H](NC(=O)OC(C)(C)C)C1)c1ccc(O[C@@H]2CCN(c3ccc(OCC4CC4)cc3)C2)cc1. The molecule has 222 valence electrons. The molecule has 2 saturated carbocycles. The van der Waals surface area contributed by atoms with Crippen molar-refractivity contribution in [1.82, 2.24) is 10.6 Å². The molecule has 3 fully saturated rings. The van der Waals surface area contributed by atoms with Crippen molar-refractivity contribution in [2.24, 2.45) is 11.8 Å². The first-order valence-electron chi connectivity index (χ1n) is 15.2. The molecule has 0 bridgehead atoms. The highest BCUT2D eigenvalue weighted by Crippen LogP contribution is 2.31. The minimum Gasteiger partial charge on any atom is -0.493 e. The molecule has 0 aromatic heterocycles. The maximum Gasteiger partial charge on any atom is 0.407 e. The number of anilines is 1. The molecule has 0 spiro atoms. The number of carbonyl (C=O) groups is 2. The molecule has 1 saturated heterocycles. The maximum atomic E-state index is 12.9. The molecule has 2 aromatic carbocycles. The van der Waals surface area contributed by atoms with Crippen LogP contribution in [0.15, 0.2) is 48.5 Å². The van der Waals surface area contributed by atoms with Gasteiger partial charge in [-0.15, -0.1) is 0 Å². The van der Waals surface area contributed by atoms with Gasteiger partial charge in [-0.2, -0.15) is 0 Å². The lowest BCUT2D eigenvalue weighted by atomic mass is 10.0. The number of carbonyl (C=O) groups excluding carboxylic acids is 2. The normalized spacial score (nSPS) is 23.1. The summed E-state index contributed by atoms with van der Waals surface area (Å²) in [5.41, 5.74) is 1.69. The molecule has 3 aliphatic rings. The van der Waals surface area contributed by atoms with E-state index in [1.54, 1.807) is 0 Å². The molecule has 2 aromatic rings. The van der Waals surface area contributed by atoms with Gasteiger partial charge in [-0.1, -0.05) is 12.1 Å². The molecule has 8 nitrogen and oxygen atoms in total. The number of hydrogen-bond acceptors (Lipinski definition) is 6. The zero-order valence-corrected chi connectivity index (χ0v) is 24.9. The van der Waals surface area contributed by atoms with E-state index in [9.17, 15) is 9.59 Å². The Morgan fingerprint density at radius 3 is 2.34 bits per heavy atom. The molecule has 0 unspecified atom stereocenters. The van der Waals surface area contributed by atoms with E-state index in [0.717, 1.165) is 61.9 Å². The van der Waals surface area contributed by atoms with Gasteiger partial charge < -0.3 is 29.7 Å². The fourth-order valence-corrected chi connectivity index (χ4v) is 5.58. The molecule has 2 N–H and O–H groups in total. The molecule has 1 aliphatic heterocycles. The number of alkyl carbamates (subject to hydrolysis) is 1. The summed E-state index contributed by atoms with van der Waals surface area (Å²) in [5.74, 6) is 2.45. The zero-order valence-electron chi connectivity index (χ0n) is 24.9. The minimum absolute atomic E-state index is 0.0277. The first kappa shape index (κ1) is 29.1. The molecule has 8 heteroatoms. The van der Waals surface area contributed by atoms with Gasteiger partial charge in [0, 0.05) is 30.6 Å². The van der Waals surface area contributed by atoms with E-state index < -0.39 is 11.7 Å². The van der Waals surface area contributed by atoms with Crippen molar-refractivity contribution in [1.29, 1.82) is 0 Å². The number of hydrogen-bond donors (Lipinski definition) is 2.